The maximum absolute atomic E-state index is 6.05. The van der Waals surface area contributed by atoms with Gasteiger partial charge in [0.25, 0.3) is 0 Å². The van der Waals surface area contributed by atoms with Crippen LogP contribution in [-0.4, -0.2) is 26.4 Å². The summed E-state index contributed by atoms with van der Waals surface area (Å²) in [5.74, 6) is 1.42. The topological polar surface area (TPSA) is 70.9 Å². The molecule has 0 amide bonds. The van der Waals surface area contributed by atoms with Gasteiger partial charge >= 0.3 is 0 Å². The third-order valence-electron chi connectivity index (χ3n) is 3.72. The van der Waals surface area contributed by atoms with Crippen LogP contribution in [0, 0.1) is 6.92 Å². The number of ether oxygens (including phenoxy) is 1. The Morgan fingerprint density at radius 2 is 2.05 bits per heavy atom. The molecule has 0 spiro atoms. The highest BCUT2D eigenvalue weighted by molar-refractivity contribution is 5.77. The molecule has 0 radical (unpaired) electrons. The lowest BCUT2D eigenvalue weighted by atomic mass is 10.1. The highest BCUT2D eigenvalue weighted by Crippen LogP contribution is 2.23. The highest BCUT2D eigenvalue weighted by atomic mass is 16.5. The van der Waals surface area contributed by atoms with E-state index >= 15 is 0 Å². The number of rotatable bonds is 4. The fourth-order valence-electron chi connectivity index (χ4n) is 2.71. The number of fused-ring (bicyclic) bond motifs is 1. The molecule has 6 nitrogen and oxygen atoms in total. The molecule has 2 aromatic heterocycles. The van der Waals surface area contributed by atoms with Gasteiger partial charge in [-0.3, -0.25) is 9.25 Å². The van der Waals surface area contributed by atoms with Crippen molar-refractivity contribution in [2.45, 2.75) is 19.9 Å². The van der Waals surface area contributed by atoms with Gasteiger partial charge in [0, 0.05) is 13.6 Å². The number of methoxy groups -OCH3 is 1. The van der Waals surface area contributed by atoms with Crippen molar-refractivity contribution in [2.75, 3.05) is 12.8 Å². The van der Waals surface area contributed by atoms with Crippen molar-refractivity contribution in [3.63, 3.8) is 0 Å². The summed E-state index contributed by atoms with van der Waals surface area (Å²) in [6.45, 7) is 2.68. The lowest BCUT2D eigenvalue weighted by molar-refractivity contribution is 0.408. The number of nitrogen functional groups attached to an aromatic ring is 1. The molecule has 6 heteroatoms. The van der Waals surface area contributed by atoms with E-state index in [1.807, 2.05) is 41.4 Å². The smallest absolute Gasteiger partial charge is 0.202 e. The first kappa shape index (κ1) is 13.5. The van der Waals surface area contributed by atoms with Gasteiger partial charge in [-0.05, 0) is 25.0 Å². The molecular weight excluding hydrogens is 266 g/mol. The fraction of sp³-hybridized carbons (Fsp3) is 0.333. The third-order valence-corrected chi connectivity index (χ3v) is 3.72. The number of nitrogens with zero attached hydrogens (tertiary/aromatic N) is 4. The van der Waals surface area contributed by atoms with Gasteiger partial charge in [0.1, 0.15) is 11.3 Å². The number of anilines is 1. The minimum absolute atomic E-state index is 0.524. The number of imidazole rings is 1. The van der Waals surface area contributed by atoms with Gasteiger partial charge in [-0.1, -0.05) is 18.2 Å². The molecule has 2 heterocycles. The van der Waals surface area contributed by atoms with Gasteiger partial charge in [0.15, 0.2) is 5.65 Å². The Balaban J connectivity index is 1.93. The predicted octanol–water partition coefficient (Wildman–Crippen LogP) is 1.91. The number of aromatic nitrogens is 4. The van der Waals surface area contributed by atoms with E-state index in [9.17, 15) is 0 Å². The molecule has 1 aromatic carbocycles. The van der Waals surface area contributed by atoms with Crippen molar-refractivity contribution < 1.29 is 4.74 Å². The average Bonchev–Trinajstić information content (AvgIpc) is 2.95. The molecule has 110 valence electrons. The monoisotopic (exact) mass is 285 g/mol. The highest BCUT2D eigenvalue weighted by Gasteiger charge is 2.15. The number of hydrogen-bond donors (Lipinski definition) is 1. The van der Waals surface area contributed by atoms with Crippen LogP contribution in [0.1, 0.15) is 11.3 Å². The zero-order chi connectivity index (χ0) is 15.0. The Kier molecular flexibility index (Phi) is 3.29. The predicted molar refractivity (Wildman–Crippen MR) is 82.3 cm³/mol. The molecule has 0 aliphatic carbocycles. The maximum atomic E-state index is 6.05. The first-order valence-corrected chi connectivity index (χ1v) is 6.89. The van der Waals surface area contributed by atoms with Crippen LogP contribution in [0.5, 0.6) is 5.75 Å². The number of para-hydroxylation sites is 1. The second-order valence-electron chi connectivity index (χ2n) is 5.06. The van der Waals surface area contributed by atoms with Gasteiger partial charge in [0.05, 0.1) is 12.8 Å². The largest absolute Gasteiger partial charge is 0.496 e. The summed E-state index contributed by atoms with van der Waals surface area (Å²) in [6, 6.07) is 8.02. The van der Waals surface area contributed by atoms with Crippen molar-refractivity contribution in [3.05, 3.63) is 35.5 Å². The molecule has 3 aromatic rings. The Bertz CT molecular complexity index is 787. The van der Waals surface area contributed by atoms with Crippen LogP contribution in [0.15, 0.2) is 24.3 Å². The van der Waals surface area contributed by atoms with Gasteiger partial charge < -0.3 is 10.5 Å². The normalized spacial score (nSPS) is 11.2. The number of aryl methyl sites for hydroxylation is 4. The van der Waals surface area contributed by atoms with Crippen molar-refractivity contribution >= 4 is 17.1 Å². The van der Waals surface area contributed by atoms with E-state index in [-0.39, 0.29) is 0 Å². The Morgan fingerprint density at radius 3 is 2.81 bits per heavy atom. The molecule has 0 bridgehead atoms. The van der Waals surface area contributed by atoms with Crippen LogP contribution < -0.4 is 10.5 Å². The van der Waals surface area contributed by atoms with Crippen LogP contribution in [0.25, 0.3) is 11.2 Å². The van der Waals surface area contributed by atoms with E-state index in [0.717, 1.165) is 41.1 Å². The van der Waals surface area contributed by atoms with Gasteiger partial charge in [-0.25, -0.2) is 4.98 Å². The maximum Gasteiger partial charge on any atom is 0.202 e. The first-order valence-electron chi connectivity index (χ1n) is 6.89. The Hall–Kier alpha value is -2.50. The molecular formula is C15H19N5O. The van der Waals surface area contributed by atoms with Crippen molar-refractivity contribution in [2.24, 2.45) is 7.05 Å². The lowest BCUT2D eigenvalue weighted by Crippen LogP contribution is -2.09. The molecule has 0 atom stereocenters. The fourth-order valence-corrected chi connectivity index (χ4v) is 2.71. The van der Waals surface area contributed by atoms with Crippen molar-refractivity contribution in [3.8, 4) is 5.75 Å². The molecule has 0 unspecified atom stereocenters. The number of hydrogen-bond acceptors (Lipinski definition) is 4. The van der Waals surface area contributed by atoms with Crippen LogP contribution in [-0.2, 0) is 20.0 Å². The minimum Gasteiger partial charge on any atom is -0.496 e. The number of nitrogens with two attached hydrogens (primary N) is 1. The summed E-state index contributed by atoms with van der Waals surface area (Å²) in [4.78, 5) is 4.41. The summed E-state index contributed by atoms with van der Waals surface area (Å²) >= 11 is 0. The van der Waals surface area contributed by atoms with Gasteiger partial charge in [0.2, 0.25) is 5.95 Å². The van der Waals surface area contributed by atoms with Gasteiger partial charge in [-0.15, -0.1) is 0 Å². The molecule has 0 saturated carbocycles. The SMILES string of the molecule is COc1ccccc1CCn1c(N)nc2c(C)nn(C)c21. The van der Waals surface area contributed by atoms with Gasteiger partial charge in [-0.2, -0.15) is 5.10 Å². The minimum atomic E-state index is 0.524. The molecule has 0 aliphatic rings. The van der Waals surface area contributed by atoms with E-state index in [4.69, 9.17) is 10.5 Å². The molecule has 0 aliphatic heterocycles. The van der Waals surface area contributed by atoms with Crippen LogP contribution >= 0.6 is 0 Å². The van der Waals surface area contributed by atoms with E-state index in [2.05, 4.69) is 16.1 Å². The van der Waals surface area contributed by atoms with Crippen LogP contribution in [0.4, 0.5) is 5.95 Å². The first-order chi connectivity index (χ1) is 10.1. The van der Waals surface area contributed by atoms with E-state index < -0.39 is 0 Å². The van der Waals surface area contributed by atoms with Crippen LogP contribution in [0.2, 0.25) is 0 Å². The molecule has 21 heavy (non-hydrogen) atoms. The van der Waals surface area contributed by atoms with E-state index in [0.29, 0.717) is 5.95 Å². The zero-order valence-corrected chi connectivity index (χ0v) is 12.5. The average molecular weight is 285 g/mol. The molecule has 3 rings (SSSR count). The summed E-state index contributed by atoms with van der Waals surface area (Å²) in [6.07, 6.45) is 0.823. The standard InChI is InChI=1S/C15H19N5O/c1-10-13-14(19(2)18-10)20(15(16)17-13)9-8-11-6-4-5-7-12(11)21-3/h4-7H,8-9H2,1-3H3,(H2,16,17). The second kappa shape index (κ2) is 5.12. The summed E-state index contributed by atoms with van der Waals surface area (Å²) in [5.41, 5.74) is 9.93. The molecule has 0 fully saturated rings. The van der Waals surface area contributed by atoms with Crippen LogP contribution in [0.3, 0.4) is 0 Å². The second-order valence-corrected chi connectivity index (χ2v) is 5.06. The Morgan fingerprint density at radius 1 is 1.29 bits per heavy atom. The lowest BCUT2D eigenvalue weighted by Gasteiger charge is -2.10. The third kappa shape index (κ3) is 2.22. The summed E-state index contributed by atoms with van der Waals surface area (Å²) < 4.78 is 9.22. The van der Waals surface area contributed by atoms with Crippen molar-refractivity contribution in [1.29, 1.82) is 0 Å². The quantitative estimate of drug-likeness (QED) is 0.795. The summed E-state index contributed by atoms with van der Waals surface area (Å²) in [5, 5.41) is 4.39. The molecule has 2 N–H and O–H groups in total. The molecule has 0 saturated heterocycles. The summed E-state index contributed by atoms with van der Waals surface area (Å²) in [7, 11) is 3.60. The Labute approximate surface area is 123 Å². The van der Waals surface area contributed by atoms with E-state index in [1.54, 1.807) is 7.11 Å². The number of benzene rings is 1. The zero-order valence-electron chi connectivity index (χ0n) is 12.5. The van der Waals surface area contributed by atoms with Crippen molar-refractivity contribution in [1.82, 2.24) is 19.3 Å². The van der Waals surface area contributed by atoms with E-state index in [1.165, 1.54) is 0 Å².